The first-order valence-corrected chi connectivity index (χ1v) is 8.35. The fourth-order valence-corrected chi connectivity index (χ4v) is 2.82. The summed E-state index contributed by atoms with van der Waals surface area (Å²) in [7, 11) is 1.52. The van der Waals surface area contributed by atoms with Gasteiger partial charge in [-0.3, -0.25) is 19.2 Å². The summed E-state index contributed by atoms with van der Waals surface area (Å²) in [6.45, 7) is 1.30. The number of benzene rings is 1. The number of hydrogen-bond acceptors (Lipinski definition) is 5. The summed E-state index contributed by atoms with van der Waals surface area (Å²) in [4.78, 5) is 50.1. The molecule has 0 unspecified atom stereocenters. The minimum absolute atomic E-state index is 0.0800. The molecular formula is C17H20N4O5. The van der Waals surface area contributed by atoms with E-state index in [1.807, 2.05) is 0 Å². The molecule has 9 nitrogen and oxygen atoms in total. The Morgan fingerprint density at radius 2 is 2.15 bits per heavy atom. The number of likely N-dealkylation sites (N-methyl/N-ethyl adjacent to an activating group) is 1. The maximum atomic E-state index is 12.2. The van der Waals surface area contributed by atoms with E-state index in [9.17, 15) is 19.2 Å². The number of ether oxygens (including phenoxy) is 1. The molecular weight excluding hydrogens is 340 g/mol. The van der Waals surface area contributed by atoms with Gasteiger partial charge < -0.3 is 25.2 Å². The van der Waals surface area contributed by atoms with Gasteiger partial charge in [-0.05, 0) is 18.6 Å². The standard InChI is InChI=1S/C17H20N4O5/c1-20(7-8-21-6-2-3-15(21)23)17(25)16(24)18-11-4-5-12-13(9-11)26-10-14(22)19-12/h4-5,9H,2-3,6-8,10H2,1H3,(H,18,24)(H,19,22). The van der Waals surface area contributed by atoms with Crippen molar-refractivity contribution in [3.05, 3.63) is 18.2 Å². The van der Waals surface area contributed by atoms with Gasteiger partial charge >= 0.3 is 11.8 Å². The van der Waals surface area contributed by atoms with Crippen LogP contribution in [0.3, 0.4) is 0 Å². The molecule has 2 heterocycles. The molecule has 0 atom stereocenters. The minimum Gasteiger partial charge on any atom is -0.482 e. The van der Waals surface area contributed by atoms with E-state index >= 15 is 0 Å². The van der Waals surface area contributed by atoms with Crippen LogP contribution in [0.4, 0.5) is 11.4 Å². The van der Waals surface area contributed by atoms with Gasteiger partial charge in [0.05, 0.1) is 5.69 Å². The minimum atomic E-state index is -0.778. The number of carbonyl (C=O) groups is 4. The Kier molecular flexibility index (Phi) is 5.06. The molecule has 0 radical (unpaired) electrons. The summed E-state index contributed by atoms with van der Waals surface area (Å²) < 4.78 is 5.28. The van der Waals surface area contributed by atoms with E-state index < -0.39 is 11.8 Å². The normalized spacial score (nSPS) is 15.8. The molecule has 0 saturated carbocycles. The van der Waals surface area contributed by atoms with Gasteiger partial charge in [-0.2, -0.15) is 0 Å². The second kappa shape index (κ2) is 7.42. The molecule has 2 N–H and O–H groups in total. The average molecular weight is 360 g/mol. The Labute approximate surface area is 150 Å². The van der Waals surface area contributed by atoms with Crippen LogP contribution >= 0.6 is 0 Å². The monoisotopic (exact) mass is 360 g/mol. The van der Waals surface area contributed by atoms with Crippen molar-refractivity contribution in [2.45, 2.75) is 12.8 Å². The quantitative estimate of drug-likeness (QED) is 0.737. The van der Waals surface area contributed by atoms with Crippen molar-refractivity contribution in [2.75, 3.05) is 43.9 Å². The van der Waals surface area contributed by atoms with Gasteiger partial charge in [0.15, 0.2) is 6.61 Å². The Morgan fingerprint density at radius 1 is 1.35 bits per heavy atom. The smallest absolute Gasteiger partial charge is 0.313 e. The molecule has 1 saturated heterocycles. The zero-order chi connectivity index (χ0) is 18.7. The number of hydrogen-bond donors (Lipinski definition) is 2. The summed E-state index contributed by atoms with van der Waals surface area (Å²) >= 11 is 0. The van der Waals surface area contributed by atoms with Crippen molar-refractivity contribution in [3.8, 4) is 5.75 Å². The van der Waals surface area contributed by atoms with Crippen molar-refractivity contribution in [3.63, 3.8) is 0 Å². The van der Waals surface area contributed by atoms with Crippen LogP contribution in [0.5, 0.6) is 5.75 Å². The van der Waals surface area contributed by atoms with E-state index in [0.29, 0.717) is 36.6 Å². The highest BCUT2D eigenvalue weighted by Gasteiger charge is 2.24. The molecule has 138 valence electrons. The number of carbonyl (C=O) groups excluding carboxylic acids is 4. The maximum absolute atomic E-state index is 12.2. The molecule has 0 aliphatic carbocycles. The maximum Gasteiger partial charge on any atom is 0.313 e. The SMILES string of the molecule is CN(CCN1CCCC1=O)C(=O)C(=O)Nc1ccc2c(c1)OCC(=O)N2. The number of likely N-dealkylation sites (tertiary alicyclic amines) is 1. The van der Waals surface area contributed by atoms with Crippen LogP contribution in [-0.2, 0) is 19.2 Å². The number of rotatable bonds is 4. The van der Waals surface area contributed by atoms with Gasteiger partial charge in [0.1, 0.15) is 5.75 Å². The predicted octanol–water partition coefficient (Wildman–Crippen LogP) is 0.0368. The van der Waals surface area contributed by atoms with Crippen molar-refractivity contribution in [1.82, 2.24) is 9.80 Å². The van der Waals surface area contributed by atoms with E-state index in [0.717, 1.165) is 6.42 Å². The van der Waals surface area contributed by atoms with Crippen LogP contribution in [-0.4, -0.2) is 66.7 Å². The largest absolute Gasteiger partial charge is 0.482 e. The molecule has 1 fully saturated rings. The molecule has 0 spiro atoms. The number of nitrogens with one attached hydrogen (secondary N) is 2. The Morgan fingerprint density at radius 3 is 2.88 bits per heavy atom. The first-order chi connectivity index (χ1) is 12.4. The van der Waals surface area contributed by atoms with Crippen molar-refractivity contribution >= 4 is 35.0 Å². The van der Waals surface area contributed by atoms with Crippen LogP contribution in [0.2, 0.25) is 0 Å². The number of amides is 4. The predicted molar refractivity (Wildman–Crippen MR) is 92.6 cm³/mol. The molecule has 1 aromatic rings. The number of anilines is 2. The zero-order valence-electron chi connectivity index (χ0n) is 14.4. The second-order valence-electron chi connectivity index (χ2n) is 6.21. The van der Waals surface area contributed by atoms with Gasteiger partial charge in [0.2, 0.25) is 5.91 Å². The fraction of sp³-hybridized carbons (Fsp3) is 0.412. The summed E-state index contributed by atoms with van der Waals surface area (Å²) in [6, 6.07) is 4.71. The van der Waals surface area contributed by atoms with Crippen LogP contribution in [0.25, 0.3) is 0 Å². The third-order valence-corrected chi connectivity index (χ3v) is 4.29. The number of nitrogens with zero attached hydrogens (tertiary/aromatic N) is 2. The lowest BCUT2D eigenvalue weighted by atomic mass is 10.2. The fourth-order valence-electron chi connectivity index (χ4n) is 2.82. The van der Waals surface area contributed by atoms with E-state index in [4.69, 9.17) is 4.74 Å². The summed E-state index contributed by atoms with van der Waals surface area (Å²) in [6.07, 6.45) is 1.37. The van der Waals surface area contributed by atoms with Crippen LogP contribution in [0.15, 0.2) is 18.2 Å². The highest BCUT2D eigenvalue weighted by Crippen LogP contribution is 2.30. The number of fused-ring (bicyclic) bond motifs is 1. The third kappa shape index (κ3) is 3.93. The summed E-state index contributed by atoms with van der Waals surface area (Å²) in [5, 5.41) is 5.16. The molecule has 3 rings (SSSR count). The third-order valence-electron chi connectivity index (χ3n) is 4.29. The van der Waals surface area contributed by atoms with Gasteiger partial charge in [0, 0.05) is 44.9 Å². The Bertz CT molecular complexity index is 764. The molecule has 26 heavy (non-hydrogen) atoms. The lowest BCUT2D eigenvalue weighted by molar-refractivity contribution is -0.142. The van der Waals surface area contributed by atoms with Crippen LogP contribution in [0.1, 0.15) is 12.8 Å². The van der Waals surface area contributed by atoms with E-state index in [-0.39, 0.29) is 25.0 Å². The van der Waals surface area contributed by atoms with Gasteiger partial charge in [0.25, 0.3) is 5.91 Å². The first kappa shape index (κ1) is 17.7. The van der Waals surface area contributed by atoms with Crippen molar-refractivity contribution in [1.29, 1.82) is 0 Å². The lowest BCUT2D eigenvalue weighted by Crippen LogP contribution is -2.41. The zero-order valence-corrected chi connectivity index (χ0v) is 14.4. The Hall–Kier alpha value is -3.10. The van der Waals surface area contributed by atoms with Crippen LogP contribution in [0, 0.1) is 0 Å². The molecule has 2 aliphatic heterocycles. The van der Waals surface area contributed by atoms with E-state index in [2.05, 4.69) is 10.6 Å². The van der Waals surface area contributed by atoms with Gasteiger partial charge in [-0.25, -0.2) is 0 Å². The lowest BCUT2D eigenvalue weighted by Gasteiger charge is -2.22. The first-order valence-electron chi connectivity index (χ1n) is 8.35. The van der Waals surface area contributed by atoms with E-state index in [1.54, 1.807) is 23.1 Å². The molecule has 4 amide bonds. The summed E-state index contributed by atoms with van der Waals surface area (Å²) in [5.41, 5.74) is 0.902. The molecule has 0 bridgehead atoms. The second-order valence-corrected chi connectivity index (χ2v) is 6.21. The highest BCUT2D eigenvalue weighted by atomic mass is 16.5. The van der Waals surface area contributed by atoms with Gasteiger partial charge in [-0.15, -0.1) is 0 Å². The molecule has 2 aliphatic rings. The molecule has 1 aromatic carbocycles. The summed E-state index contributed by atoms with van der Waals surface area (Å²) in [5.74, 6) is -1.21. The molecule has 9 heteroatoms. The van der Waals surface area contributed by atoms with Gasteiger partial charge in [-0.1, -0.05) is 0 Å². The average Bonchev–Trinajstić information content (AvgIpc) is 3.04. The van der Waals surface area contributed by atoms with Crippen molar-refractivity contribution < 1.29 is 23.9 Å². The van der Waals surface area contributed by atoms with Crippen LogP contribution < -0.4 is 15.4 Å². The topological polar surface area (TPSA) is 108 Å². The molecule has 0 aromatic heterocycles. The highest BCUT2D eigenvalue weighted by molar-refractivity contribution is 6.39. The Balaban J connectivity index is 1.54. The van der Waals surface area contributed by atoms with Crippen molar-refractivity contribution in [2.24, 2.45) is 0 Å². The van der Waals surface area contributed by atoms with E-state index in [1.165, 1.54) is 11.9 Å².